The molecule has 12 heavy (non-hydrogen) atoms. The van der Waals surface area contributed by atoms with Crippen LogP contribution in [0.2, 0.25) is 0 Å². The van der Waals surface area contributed by atoms with Crippen LogP contribution in [0.25, 0.3) is 0 Å². The molecule has 0 aromatic carbocycles. The first-order valence-electron chi connectivity index (χ1n) is 5.04. The van der Waals surface area contributed by atoms with Gasteiger partial charge in [-0.25, -0.2) is 0 Å². The Morgan fingerprint density at radius 1 is 1.00 bits per heavy atom. The van der Waals surface area contributed by atoms with Crippen LogP contribution < -0.4 is 10.6 Å². The smallest absolute Gasteiger partial charge is 0.00790 e. The van der Waals surface area contributed by atoms with Crippen molar-refractivity contribution in [1.82, 2.24) is 10.6 Å². The van der Waals surface area contributed by atoms with E-state index in [-0.39, 0.29) is 0 Å². The second-order valence-corrected chi connectivity index (χ2v) is 3.93. The molecule has 0 bridgehead atoms. The molecule has 74 valence electrons. The van der Waals surface area contributed by atoms with E-state index in [9.17, 15) is 0 Å². The molecule has 1 unspecified atom stereocenters. The Labute approximate surface area is 77.1 Å². The molecule has 0 fully saturated rings. The van der Waals surface area contributed by atoms with Crippen LogP contribution in [0.5, 0.6) is 0 Å². The minimum absolute atomic E-state index is 0.667. The van der Waals surface area contributed by atoms with Crippen LogP contribution in [0.4, 0.5) is 0 Å². The monoisotopic (exact) mass is 172 g/mol. The van der Waals surface area contributed by atoms with Crippen molar-refractivity contribution < 1.29 is 0 Å². The van der Waals surface area contributed by atoms with Crippen molar-refractivity contribution in [2.24, 2.45) is 5.92 Å². The van der Waals surface area contributed by atoms with Gasteiger partial charge in [0.1, 0.15) is 0 Å². The molecule has 0 aromatic heterocycles. The van der Waals surface area contributed by atoms with Crippen molar-refractivity contribution in [3.8, 4) is 0 Å². The van der Waals surface area contributed by atoms with Crippen LogP contribution in [-0.4, -0.2) is 26.2 Å². The Bertz CT molecular complexity index is 91.8. The molecule has 0 amide bonds. The van der Waals surface area contributed by atoms with Gasteiger partial charge in [0.05, 0.1) is 0 Å². The minimum atomic E-state index is 0.667. The van der Waals surface area contributed by atoms with Crippen LogP contribution >= 0.6 is 0 Å². The third kappa shape index (κ3) is 8.02. The van der Waals surface area contributed by atoms with E-state index in [1.165, 1.54) is 12.8 Å². The summed E-state index contributed by atoms with van der Waals surface area (Å²) in [5.74, 6) is 0.832. The Balaban J connectivity index is 3.15. The highest BCUT2D eigenvalue weighted by Crippen LogP contribution is 2.05. The Morgan fingerprint density at radius 2 is 1.67 bits per heavy atom. The van der Waals surface area contributed by atoms with E-state index in [1.807, 2.05) is 7.05 Å². The fraction of sp³-hybridized carbons (Fsp3) is 1.00. The van der Waals surface area contributed by atoms with Gasteiger partial charge >= 0.3 is 0 Å². The van der Waals surface area contributed by atoms with Crippen molar-refractivity contribution >= 4 is 0 Å². The molecule has 0 aliphatic heterocycles. The molecular formula is C10H24N2. The van der Waals surface area contributed by atoms with Crippen LogP contribution in [-0.2, 0) is 0 Å². The first-order chi connectivity index (χ1) is 5.66. The molecule has 0 radical (unpaired) electrons. The minimum Gasteiger partial charge on any atom is -0.318 e. The first kappa shape index (κ1) is 11.9. The van der Waals surface area contributed by atoms with E-state index in [4.69, 9.17) is 0 Å². The second kappa shape index (κ2) is 7.56. The van der Waals surface area contributed by atoms with Gasteiger partial charge in [0.2, 0.25) is 0 Å². The van der Waals surface area contributed by atoms with Crippen molar-refractivity contribution in [1.29, 1.82) is 0 Å². The SMILES string of the molecule is CNCCNC(C)CCC(C)C. The lowest BCUT2D eigenvalue weighted by Crippen LogP contribution is -2.32. The van der Waals surface area contributed by atoms with E-state index in [0.717, 1.165) is 19.0 Å². The number of nitrogens with one attached hydrogen (secondary N) is 2. The average molecular weight is 172 g/mol. The fourth-order valence-electron chi connectivity index (χ4n) is 1.13. The maximum Gasteiger partial charge on any atom is 0.00790 e. The van der Waals surface area contributed by atoms with Crippen molar-refractivity contribution in [3.63, 3.8) is 0 Å². The molecule has 0 aromatic rings. The molecule has 0 spiro atoms. The van der Waals surface area contributed by atoms with Gasteiger partial charge in [-0.2, -0.15) is 0 Å². The van der Waals surface area contributed by atoms with Gasteiger partial charge in [0.25, 0.3) is 0 Å². The molecular weight excluding hydrogens is 148 g/mol. The van der Waals surface area contributed by atoms with Crippen LogP contribution in [0.1, 0.15) is 33.6 Å². The van der Waals surface area contributed by atoms with Gasteiger partial charge in [0.15, 0.2) is 0 Å². The molecule has 0 aliphatic carbocycles. The van der Waals surface area contributed by atoms with Gasteiger partial charge < -0.3 is 10.6 Å². The fourth-order valence-corrected chi connectivity index (χ4v) is 1.13. The maximum absolute atomic E-state index is 3.48. The van der Waals surface area contributed by atoms with E-state index in [0.29, 0.717) is 6.04 Å². The maximum atomic E-state index is 3.48. The third-order valence-electron chi connectivity index (χ3n) is 2.04. The number of rotatable bonds is 7. The zero-order chi connectivity index (χ0) is 9.40. The summed E-state index contributed by atoms with van der Waals surface area (Å²) in [5.41, 5.74) is 0. The summed E-state index contributed by atoms with van der Waals surface area (Å²) in [6, 6.07) is 0.667. The standard InChI is InChI=1S/C10H24N2/c1-9(2)5-6-10(3)12-8-7-11-4/h9-12H,5-8H2,1-4H3. The molecule has 0 aliphatic rings. The second-order valence-electron chi connectivity index (χ2n) is 3.93. The van der Waals surface area contributed by atoms with E-state index < -0.39 is 0 Å². The van der Waals surface area contributed by atoms with E-state index in [2.05, 4.69) is 31.4 Å². The Morgan fingerprint density at radius 3 is 2.17 bits per heavy atom. The molecule has 0 saturated heterocycles. The molecule has 2 heteroatoms. The summed E-state index contributed by atoms with van der Waals surface area (Å²) in [5, 5.41) is 6.60. The number of likely N-dealkylation sites (N-methyl/N-ethyl adjacent to an activating group) is 1. The highest BCUT2D eigenvalue weighted by Gasteiger charge is 2.01. The van der Waals surface area contributed by atoms with Crippen LogP contribution in [0, 0.1) is 5.92 Å². The topological polar surface area (TPSA) is 24.1 Å². The van der Waals surface area contributed by atoms with Crippen molar-refractivity contribution in [2.45, 2.75) is 39.7 Å². The normalized spacial score (nSPS) is 13.8. The first-order valence-corrected chi connectivity index (χ1v) is 5.04. The van der Waals surface area contributed by atoms with Crippen LogP contribution in [0.15, 0.2) is 0 Å². The van der Waals surface area contributed by atoms with Gasteiger partial charge in [-0.1, -0.05) is 13.8 Å². The predicted octanol–water partition coefficient (Wildman–Crippen LogP) is 1.62. The van der Waals surface area contributed by atoms with Gasteiger partial charge in [-0.05, 0) is 32.7 Å². The molecule has 2 N–H and O–H groups in total. The molecule has 0 saturated carbocycles. The lowest BCUT2D eigenvalue weighted by molar-refractivity contribution is 0.451. The van der Waals surface area contributed by atoms with E-state index >= 15 is 0 Å². The summed E-state index contributed by atoms with van der Waals surface area (Å²) in [6.07, 6.45) is 2.62. The molecule has 1 atom stereocenters. The summed E-state index contributed by atoms with van der Waals surface area (Å²) in [7, 11) is 1.99. The van der Waals surface area contributed by atoms with E-state index in [1.54, 1.807) is 0 Å². The highest BCUT2D eigenvalue weighted by atomic mass is 14.9. The average Bonchev–Trinajstić information content (AvgIpc) is 2.01. The summed E-state index contributed by atoms with van der Waals surface area (Å²) in [6.45, 7) is 8.96. The molecule has 0 rings (SSSR count). The van der Waals surface area contributed by atoms with Crippen molar-refractivity contribution in [2.75, 3.05) is 20.1 Å². The quantitative estimate of drug-likeness (QED) is 0.570. The number of hydrogen-bond acceptors (Lipinski definition) is 2. The van der Waals surface area contributed by atoms with Crippen LogP contribution in [0.3, 0.4) is 0 Å². The third-order valence-corrected chi connectivity index (χ3v) is 2.04. The summed E-state index contributed by atoms with van der Waals surface area (Å²) >= 11 is 0. The zero-order valence-corrected chi connectivity index (χ0v) is 8.98. The van der Waals surface area contributed by atoms with Gasteiger partial charge in [-0.3, -0.25) is 0 Å². The summed E-state index contributed by atoms with van der Waals surface area (Å²) in [4.78, 5) is 0. The molecule has 0 heterocycles. The lowest BCUT2D eigenvalue weighted by atomic mass is 10.0. The lowest BCUT2D eigenvalue weighted by Gasteiger charge is -2.14. The van der Waals surface area contributed by atoms with Gasteiger partial charge in [0, 0.05) is 19.1 Å². The van der Waals surface area contributed by atoms with Gasteiger partial charge in [-0.15, -0.1) is 0 Å². The van der Waals surface area contributed by atoms with Crippen molar-refractivity contribution in [3.05, 3.63) is 0 Å². The number of hydrogen-bond donors (Lipinski definition) is 2. The highest BCUT2D eigenvalue weighted by molar-refractivity contribution is 4.62. The summed E-state index contributed by atoms with van der Waals surface area (Å²) < 4.78 is 0. The predicted molar refractivity (Wildman–Crippen MR) is 55.5 cm³/mol. The largest absolute Gasteiger partial charge is 0.318 e. The Hall–Kier alpha value is -0.0800. The molecule has 2 nitrogen and oxygen atoms in total. The Kier molecular flexibility index (Phi) is 7.51. The zero-order valence-electron chi connectivity index (χ0n) is 8.98.